The van der Waals surface area contributed by atoms with E-state index in [9.17, 15) is 13.2 Å². The molecule has 1 amide bonds. The van der Waals surface area contributed by atoms with E-state index in [1.54, 1.807) is 0 Å². The molecule has 7 heteroatoms. The van der Waals surface area contributed by atoms with Crippen LogP contribution in [0.5, 0.6) is 0 Å². The van der Waals surface area contributed by atoms with E-state index >= 15 is 0 Å². The molecule has 1 atom stereocenters. The van der Waals surface area contributed by atoms with Crippen molar-refractivity contribution in [2.24, 2.45) is 11.3 Å². The number of carbonyl (C=O) groups is 1. The lowest BCUT2D eigenvalue weighted by molar-refractivity contribution is -0.134. The van der Waals surface area contributed by atoms with Crippen LogP contribution in [0.4, 0.5) is 0 Å². The van der Waals surface area contributed by atoms with Gasteiger partial charge in [-0.05, 0) is 37.8 Å². The van der Waals surface area contributed by atoms with Crippen molar-refractivity contribution in [2.75, 3.05) is 45.5 Å². The van der Waals surface area contributed by atoms with Crippen LogP contribution in [0.2, 0.25) is 0 Å². The molecule has 0 aromatic heterocycles. The molecule has 2 saturated heterocycles. The highest BCUT2D eigenvalue weighted by molar-refractivity contribution is 7.88. The van der Waals surface area contributed by atoms with Crippen molar-refractivity contribution < 1.29 is 13.2 Å². The minimum Gasteiger partial charge on any atom is -0.340 e. The van der Waals surface area contributed by atoms with Crippen molar-refractivity contribution >= 4 is 15.9 Å². The Morgan fingerprint density at radius 3 is 2.30 bits per heavy atom. The van der Waals surface area contributed by atoms with Crippen molar-refractivity contribution in [1.82, 2.24) is 14.5 Å². The van der Waals surface area contributed by atoms with Gasteiger partial charge in [0.25, 0.3) is 0 Å². The van der Waals surface area contributed by atoms with E-state index in [0.29, 0.717) is 26.2 Å². The zero-order valence-corrected chi connectivity index (χ0v) is 12.8. The molecular weight excluding hydrogens is 278 g/mol. The normalized spacial score (nSPS) is 30.4. The Bertz CT molecular complexity index is 491. The van der Waals surface area contributed by atoms with Gasteiger partial charge in [-0.25, -0.2) is 8.42 Å². The fourth-order valence-corrected chi connectivity index (χ4v) is 4.46. The lowest BCUT2D eigenvalue weighted by atomic mass is 9.91. The summed E-state index contributed by atoms with van der Waals surface area (Å²) >= 11 is 0. The predicted molar refractivity (Wildman–Crippen MR) is 75.6 cm³/mol. The second kappa shape index (κ2) is 4.96. The van der Waals surface area contributed by atoms with E-state index in [1.165, 1.54) is 10.6 Å². The molecule has 1 aliphatic carbocycles. The molecule has 0 radical (unpaired) electrons. The van der Waals surface area contributed by atoms with E-state index in [4.69, 9.17) is 0 Å². The molecular formula is C13H23N3O3S. The lowest BCUT2D eigenvalue weighted by Gasteiger charge is -2.34. The van der Waals surface area contributed by atoms with Gasteiger partial charge in [-0.15, -0.1) is 0 Å². The predicted octanol–water partition coefficient (Wildman–Crippen LogP) is -0.520. The molecule has 1 N–H and O–H groups in total. The van der Waals surface area contributed by atoms with Crippen molar-refractivity contribution in [3.05, 3.63) is 0 Å². The number of piperidine rings is 1. The molecule has 0 bridgehead atoms. The highest BCUT2D eigenvalue weighted by Crippen LogP contribution is 2.59. The number of amides is 1. The summed E-state index contributed by atoms with van der Waals surface area (Å²) in [6, 6.07) is 0. The van der Waals surface area contributed by atoms with Crippen molar-refractivity contribution in [3.8, 4) is 0 Å². The first-order chi connectivity index (χ1) is 9.42. The largest absolute Gasteiger partial charge is 0.340 e. The van der Waals surface area contributed by atoms with E-state index in [2.05, 4.69) is 5.32 Å². The number of hydrogen-bond acceptors (Lipinski definition) is 4. The fourth-order valence-electron chi connectivity index (χ4n) is 3.63. The first-order valence-electron chi connectivity index (χ1n) is 7.37. The SMILES string of the molecule is CS(=O)(=O)N1CCN(C(=O)C2CC23CCNCC3)CC1. The maximum Gasteiger partial charge on any atom is 0.226 e. The molecule has 2 heterocycles. The van der Waals surface area contributed by atoms with Crippen LogP contribution < -0.4 is 5.32 Å². The molecule has 1 unspecified atom stereocenters. The van der Waals surface area contributed by atoms with Gasteiger partial charge in [0.1, 0.15) is 0 Å². The molecule has 20 heavy (non-hydrogen) atoms. The van der Waals surface area contributed by atoms with Crippen molar-refractivity contribution in [1.29, 1.82) is 0 Å². The molecule has 3 fully saturated rings. The van der Waals surface area contributed by atoms with E-state index in [-0.39, 0.29) is 17.2 Å². The monoisotopic (exact) mass is 301 g/mol. The Labute approximate surface area is 120 Å². The van der Waals surface area contributed by atoms with Gasteiger partial charge in [-0.3, -0.25) is 4.79 Å². The summed E-state index contributed by atoms with van der Waals surface area (Å²) in [7, 11) is -3.12. The maximum atomic E-state index is 12.5. The summed E-state index contributed by atoms with van der Waals surface area (Å²) in [6.07, 6.45) is 4.47. The molecule has 3 rings (SSSR count). The Balaban J connectivity index is 1.55. The molecule has 2 aliphatic heterocycles. The Morgan fingerprint density at radius 2 is 1.75 bits per heavy atom. The Kier molecular flexibility index (Phi) is 3.54. The van der Waals surface area contributed by atoms with E-state index in [1.807, 2.05) is 4.90 Å². The zero-order valence-electron chi connectivity index (χ0n) is 12.0. The number of nitrogens with zero attached hydrogens (tertiary/aromatic N) is 2. The lowest BCUT2D eigenvalue weighted by Crippen LogP contribution is -2.51. The van der Waals surface area contributed by atoms with Gasteiger partial charge in [0.05, 0.1) is 6.26 Å². The number of nitrogens with one attached hydrogen (secondary N) is 1. The smallest absolute Gasteiger partial charge is 0.226 e. The summed E-state index contributed by atoms with van der Waals surface area (Å²) in [4.78, 5) is 14.4. The maximum absolute atomic E-state index is 12.5. The molecule has 3 aliphatic rings. The second-order valence-corrected chi connectivity index (χ2v) is 8.34. The van der Waals surface area contributed by atoms with Crippen LogP contribution in [-0.2, 0) is 14.8 Å². The van der Waals surface area contributed by atoms with Gasteiger partial charge >= 0.3 is 0 Å². The summed E-state index contributed by atoms with van der Waals surface area (Å²) in [6.45, 7) is 3.99. The van der Waals surface area contributed by atoms with Crippen LogP contribution in [0, 0.1) is 11.3 Å². The minimum atomic E-state index is -3.12. The topological polar surface area (TPSA) is 69.7 Å². The zero-order chi connectivity index (χ0) is 14.4. The highest BCUT2D eigenvalue weighted by Gasteiger charge is 2.58. The van der Waals surface area contributed by atoms with E-state index in [0.717, 1.165) is 32.4 Å². The number of piperazine rings is 1. The van der Waals surface area contributed by atoms with Gasteiger partial charge in [0, 0.05) is 32.1 Å². The number of carbonyl (C=O) groups excluding carboxylic acids is 1. The van der Waals surface area contributed by atoms with Gasteiger partial charge in [0.15, 0.2) is 0 Å². The minimum absolute atomic E-state index is 0.189. The fraction of sp³-hybridized carbons (Fsp3) is 0.923. The van der Waals surface area contributed by atoms with Crippen molar-refractivity contribution in [2.45, 2.75) is 19.3 Å². The van der Waals surface area contributed by atoms with Crippen LogP contribution in [0.25, 0.3) is 0 Å². The number of hydrogen-bond donors (Lipinski definition) is 1. The Hall–Kier alpha value is -0.660. The molecule has 6 nitrogen and oxygen atoms in total. The van der Waals surface area contributed by atoms with Crippen LogP contribution in [0.3, 0.4) is 0 Å². The summed E-state index contributed by atoms with van der Waals surface area (Å²) < 4.78 is 24.4. The third-order valence-electron chi connectivity index (χ3n) is 5.11. The van der Waals surface area contributed by atoms with E-state index < -0.39 is 10.0 Å². The second-order valence-electron chi connectivity index (χ2n) is 6.36. The van der Waals surface area contributed by atoms with Crippen LogP contribution >= 0.6 is 0 Å². The average molecular weight is 301 g/mol. The Morgan fingerprint density at radius 1 is 1.15 bits per heavy atom. The average Bonchev–Trinajstić information content (AvgIpc) is 3.11. The molecule has 0 aromatic rings. The van der Waals surface area contributed by atoms with Crippen LogP contribution in [0.15, 0.2) is 0 Å². The summed E-state index contributed by atoms with van der Waals surface area (Å²) in [5, 5.41) is 3.34. The molecule has 1 saturated carbocycles. The third kappa shape index (κ3) is 2.58. The third-order valence-corrected chi connectivity index (χ3v) is 6.41. The van der Waals surface area contributed by atoms with Gasteiger partial charge in [-0.2, -0.15) is 4.31 Å². The number of sulfonamides is 1. The quantitative estimate of drug-likeness (QED) is 0.745. The van der Waals surface area contributed by atoms with Crippen molar-refractivity contribution in [3.63, 3.8) is 0 Å². The van der Waals surface area contributed by atoms with Gasteiger partial charge < -0.3 is 10.2 Å². The molecule has 114 valence electrons. The van der Waals surface area contributed by atoms with Crippen LogP contribution in [0.1, 0.15) is 19.3 Å². The standard InChI is InChI=1S/C13H23N3O3S/c1-20(18,19)16-8-6-15(7-9-16)12(17)11-10-13(11)2-4-14-5-3-13/h11,14H,2-10H2,1H3. The summed E-state index contributed by atoms with van der Waals surface area (Å²) in [5.74, 6) is 0.439. The molecule has 1 spiro atoms. The van der Waals surface area contributed by atoms with Gasteiger partial charge in [0.2, 0.25) is 15.9 Å². The summed E-state index contributed by atoms with van der Waals surface area (Å²) in [5.41, 5.74) is 0.260. The first-order valence-corrected chi connectivity index (χ1v) is 9.22. The first kappa shape index (κ1) is 14.3. The molecule has 0 aromatic carbocycles. The highest BCUT2D eigenvalue weighted by atomic mass is 32.2. The number of rotatable bonds is 2. The van der Waals surface area contributed by atoms with Crippen LogP contribution in [-0.4, -0.2) is 69.1 Å². The van der Waals surface area contributed by atoms with Gasteiger partial charge in [-0.1, -0.05) is 0 Å².